The summed E-state index contributed by atoms with van der Waals surface area (Å²) in [6.07, 6.45) is 10.3. The van der Waals surface area contributed by atoms with E-state index in [0.29, 0.717) is 19.6 Å². The number of nitrogens with zero attached hydrogens (tertiary/aromatic N) is 1. The van der Waals surface area contributed by atoms with Gasteiger partial charge in [-0.15, -0.1) is 0 Å². The molecule has 0 bridgehead atoms. The minimum Gasteiger partial charge on any atom is -0.381 e. The molecule has 0 fully saturated rings. The van der Waals surface area contributed by atoms with Gasteiger partial charge in [-0.05, 0) is 19.8 Å². The monoisotopic (exact) mass is 285 g/mol. The highest BCUT2D eigenvalue weighted by molar-refractivity contribution is 5.76. The number of hydrogen-bond acceptors (Lipinski definition) is 2. The molecule has 0 atom stereocenters. The van der Waals surface area contributed by atoms with Crippen LogP contribution in [-0.2, 0) is 9.53 Å². The summed E-state index contributed by atoms with van der Waals surface area (Å²) in [6, 6.07) is 0. The van der Waals surface area contributed by atoms with E-state index in [2.05, 4.69) is 18.7 Å². The van der Waals surface area contributed by atoms with Crippen molar-refractivity contribution in [2.75, 3.05) is 26.3 Å². The Morgan fingerprint density at radius 2 is 1.40 bits per heavy atom. The molecule has 0 aromatic carbocycles. The van der Waals surface area contributed by atoms with Gasteiger partial charge >= 0.3 is 0 Å². The van der Waals surface area contributed by atoms with Gasteiger partial charge in [-0.25, -0.2) is 0 Å². The van der Waals surface area contributed by atoms with E-state index in [1.54, 1.807) is 0 Å². The maximum absolute atomic E-state index is 12.2. The van der Waals surface area contributed by atoms with Crippen LogP contribution in [0.3, 0.4) is 0 Å². The van der Waals surface area contributed by atoms with Gasteiger partial charge in [0.15, 0.2) is 0 Å². The van der Waals surface area contributed by atoms with Crippen LogP contribution in [0.25, 0.3) is 0 Å². The lowest BCUT2D eigenvalue weighted by Gasteiger charge is -2.23. The van der Waals surface area contributed by atoms with E-state index in [1.165, 1.54) is 38.5 Å². The summed E-state index contributed by atoms with van der Waals surface area (Å²) in [7, 11) is 0. The minimum absolute atomic E-state index is 0.270. The highest BCUT2D eigenvalue weighted by atomic mass is 16.5. The second-order valence-electron chi connectivity index (χ2n) is 5.45. The van der Waals surface area contributed by atoms with Crippen molar-refractivity contribution in [3.05, 3.63) is 0 Å². The van der Waals surface area contributed by atoms with Crippen LogP contribution >= 0.6 is 0 Å². The summed E-state index contributed by atoms with van der Waals surface area (Å²) < 4.78 is 5.29. The Morgan fingerprint density at radius 3 is 1.85 bits per heavy atom. The molecule has 0 saturated carbocycles. The summed E-state index contributed by atoms with van der Waals surface area (Å²) in [5.41, 5.74) is 0. The fourth-order valence-electron chi connectivity index (χ4n) is 2.28. The Morgan fingerprint density at radius 1 is 0.850 bits per heavy atom. The molecule has 0 aliphatic rings. The van der Waals surface area contributed by atoms with Crippen LogP contribution in [0.15, 0.2) is 0 Å². The Kier molecular flexibility index (Phi) is 14.4. The second-order valence-corrected chi connectivity index (χ2v) is 5.45. The van der Waals surface area contributed by atoms with Crippen LogP contribution in [0.4, 0.5) is 0 Å². The maximum atomic E-state index is 12.2. The summed E-state index contributed by atoms with van der Waals surface area (Å²) >= 11 is 0. The lowest BCUT2D eigenvalue weighted by Crippen LogP contribution is -2.33. The molecule has 0 radical (unpaired) electrons. The fourth-order valence-corrected chi connectivity index (χ4v) is 2.28. The quantitative estimate of drug-likeness (QED) is 0.443. The normalized spacial score (nSPS) is 10.8. The molecule has 0 aromatic heterocycles. The zero-order valence-electron chi connectivity index (χ0n) is 14.0. The predicted octanol–water partition coefficient (Wildman–Crippen LogP) is 4.40. The largest absolute Gasteiger partial charge is 0.381 e. The van der Waals surface area contributed by atoms with Crippen molar-refractivity contribution >= 4 is 5.91 Å². The summed E-state index contributed by atoms with van der Waals surface area (Å²) in [6.45, 7) is 9.52. The molecule has 0 rings (SSSR count). The first-order valence-electron chi connectivity index (χ1n) is 8.61. The molecule has 0 aliphatic carbocycles. The van der Waals surface area contributed by atoms with Crippen LogP contribution in [-0.4, -0.2) is 37.1 Å². The number of amides is 1. The van der Waals surface area contributed by atoms with Crippen LogP contribution in [0.1, 0.15) is 78.6 Å². The van der Waals surface area contributed by atoms with Gasteiger partial charge < -0.3 is 9.64 Å². The number of carbonyl (C=O) groups is 1. The predicted molar refractivity (Wildman–Crippen MR) is 86.0 cm³/mol. The number of unbranched alkanes of at least 4 members (excludes halogenated alkanes) is 6. The Balaban J connectivity index is 3.98. The lowest BCUT2D eigenvalue weighted by molar-refractivity contribution is -0.132. The molecular formula is C17H35NO2. The molecule has 0 saturated heterocycles. The molecule has 0 aliphatic heterocycles. The zero-order valence-corrected chi connectivity index (χ0v) is 14.0. The third-order valence-electron chi connectivity index (χ3n) is 3.58. The zero-order chi connectivity index (χ0) is 15.1. The summed E-state index contributed by atoms with van der Waals surface area (Å²) in [5.74, 6) is 0.270. The van der Waals surface area contributed by atoms with Gasteiger partial charge in [0.05, 0.1) is 13.0 Å². The molecule has 3 heteroatoms. The van der Waals surface area contributed by atoms with Gasteiger partial charge in [-0.2, -0.15) is 0 Å². The average Bonchev–Trinajstić information content (AvgIpc) is 2.45. The van der Waals surface area contributed by atoms with Gasteiger partial charge in [0.2, 0.25) is 5.91 Å². The Labute approximate surface area is 126 Å². The molecule has 3 nitrogen and oxygen atoms in total. The number of ether oxygens (including phenoxy) is 1. The van der Waals surface area contributed by atoms with Crippen molar-refractivity contribution in [2.24, 2.45) is 0 Å². The molecular weight excluding hydrogens is 250 g/mol. The van der Waals surface area contributed by atoms with Gasteiger partial charge in [-0.3, -0.25) is 4.79 Å². The van der Waals surface area contributed by atoms with Crippen molar-refractivity contribution in [2.45, 2.75) is 78.6 Å². The van der Waals surface area contributed by atoms with E-state index in [0.717, 1.165) is 25.9 Å². The van der Waals surface area contributed by atoms with E-state index >= 15 is 0 Å². The van der Waals surface area contributed by atoms with Crippen LogP contribution in [0.5, 0.6) is 0 Å². The summed E-state index contributed by atoms with van der Waals surface area (Å²) in [4.78, 5) is 14.3. The molecule has 0 aromatic rings. The van der Waals surface area contributed by atoms with E-state index in [9.17, 15) is 4.79 Å². The first kappa shape index (κ1) is 19.4. The van der Waals surface area contributed by atoms with E-state index < -0.39 is 0 Å². The maximum Gasteiger partial charge on any atom is 0.224 e. The number of carbonyl (C=O) groups excluding carboxylic acids is 1. The minimum atomic E-state index is 0.270. The standard InChI is InChI=1S/C17H35NO2/c1-4-7-9-11-14-18(15-12-10-8-5-2)17(19)13-16-20-6-3/h4-16H2,1-3H3. The van der Waals surface area contributed by atoms with Crippen molar-refractivity contribution in [1.82, 2.24) is 4.90 Å². The van der Waals surface area contributed by atoms with Crippen LogP contribution in [0, 0.1) is 0 Å². The van der Waals surface area contributed by atoms with Gasteiger partial charge in [0, 0.05) is 19.7 Å². The third-order valence-corrected chi connectivity index (χ3v) is 3.58. The van der Waals surface area contributed by atoms with Gasteiger partial charge in [0.25, 0.3) is 0 Å². The van der Waals surface area contributed by atoms with Gasteiger partial charge in [-0.1, -0.05) is 52.4 Å². The molecule has 1 amide bonds. The number of rotatable bonds is 14. The van der Waals surface area contributed by atoms with Gasteiger partial charge in [0.1, 0.15) is 0 Å². The second kappa shape index (κ2) is 14.8. The molecule has 120 valence electrons. The van der Waals surface area contributed by atoms with E-state index in [-0.39, 0.29) is 5.91 Å². The third kappa shape index (κ3) is 11.3. The molecule has 20 heavy (non-hydrogen) atoms. The first-order valence-corrected chi connectivity index (χ1v) is 8.61. The number of hydrogen-bond donors (Lipinski definition) is 0. The highest BCUT2D eigenvalue weighted by Gasteiger charge is 2.12. The fraction of sp³-hybridized carbons (Fsp3) is 0.941. The van der Waals surface area contributed by atoms with Crippen LogP contribution < -0.4 is 0 Å². The molecule has 0 heterocycles. The lowest BCUT2D eigenvalue weighted by atomic mass is 10.1. The summed E-state index contributed by atoms with van der Waals surface area (Å²) in [5, 5.41) is 0. The van der Waals surface area contributed by atoms with Crippen molar-refractivity contribution in [3.8, 4) is 0 Å². The van der Waals surface area contributed by atoms with E-state index in [4.69, 9.17) is 4.74 Å². The SMILES string of the molecule is CCCCCCN(CCCCCC)C(=O)CCOCC. The Hall–Kier alpha value is -0.570. The highest BCUT2D eigenvalue weighted by Crippen LogP contribution is 2.07. The molecule has 0 N–H and O–H groups in total. The molecule has 0 unspecified atom stereocenters. The van der Waals surface area contributed by atoms with Crippen molar-refractivity contribution in [3.63, 3.8) is 0 Å². The average molecular weight is 285 g/mol. The van der Waals surface area contributed by atoms with E-state index in [1.807, 2.05) is 6.92 Å². The van der Waals surface area contributed by atoms with Crippen molar-refractivity contribution < 1.29 is 9.53 Å². The smallest absolute Gasteiger partial charge is 0.224 e. The first-order chi connectivity index (χ1) is 9.76. The van der Waals surface area contributed by atoms with Crippen molar-refractivity contribution in [1.29, 1.82) is 0 Å². The topological polar surface area (TPSA) is 29.5 Å². The van der Waals surface area contributed by atoms with Crippen LogP contribution in [0.2, 0.25) is 0 Å². The Bertz CT molecular complexity index is 207. The molecule has 0 spiro atoms.